The predicted molar refractivity (Wildman–Crippen MR) is 189 cm³/mol. The van der Waals surface area contributed by atoms with Gasteiger partial charge in [-0.2, -0.15) is 11.8 Å². The minimum Gasteiger partial charge on any atom is -0.480 e. The van der Waals surface area contributed by atoms with Crippen LogP contribution >= 0.6 is 11.8 Å². The van der Waals surface area contributed by atoms with E-state index in [0.29, 0.717) is 11.4 Å². The zero-order chi connectivity index (χ0) is 38.2. The van der Waals surface area contributed by atoms with Crippen molar-refractivity contribution in [1.82, 2.24) is 41.5 Å². The molecule has 20 heteroatoms. The van der Waals surface area contributed by atoms with Crippen molar-refractivity contribution < 1.29 is 43.8 Å². The Hall–Kier alpha value is -5.47. The number of carboxylic acids is 1. The number of nitrogens with two attached hydrogens (primary N) is 2. The number of nitrogens with one attached hydrogen (secondary N) is 7. The number of hydrogen-bond donors (Lipinski definition) is 11. The molecule has 3 rings (SSSR count). The van der Waals surface area contributed by atoms with Gasteiger partial charge in [-0.05, 0) is 42.9 Å². The molecular formula is C32H44N10O9S. The number of aromatic amines is 2. The number of aliphatic hydroxyl groups is 1. The van der Waals surface area contributed by atoms with Crippen molar-refractivity contribution in [3.63, 3.8) is 0 Å². The Morgan fingerprint density at radius 3 is 2.19 bits per heavy atom. The van der Waals surface area contributed by atoms with Crippen molar-refractivity contribution in [3.8, 4) is 0 Å². The van der Waals surface area contributed by atoms with Gasteiger partial charge in [0.05, 0.1) is 25.5 Å². The molecule has 2 heterocycles. The fourth-order valence-electron chi connectivity index (χ4n) is 5.06. The van der Waals surface area contributed by atoms with Crippen LogP contribution in [0.1, 0.15) is 30.5 Å². The average Bonchev–Trinajstić information content (AvgIpc) is 3.79. The van der Waals surface area contributed by atoms with Crippen LogP contribution in [0.15, 0.2) is 43.0 Å². The van der Waals surface area contributed by atoms with E-state index in [1.54, 1.807) is 12.5 Å². The number of hydrogen-bond acceptors (Lipinski definition) is 11. The van der Waals surface area contributed by atoms with Gasteiger partial charge < -0.3 is 58.2 Å². The molecule has 0 saturated heterocycles. The Morgan fingerprint density at radius 1 is 0.865 bits per heavy atom. The van der Waals surface area contributed by atoms with E-state index in [-0.39, 0.29) is 32.1 Å². The number of carbonyl (C=O) groups excluding carboxylic acids is 6. The number of carboxylic acid groups (broad SMARTS) is 1. The number of carbonyl (C=O) groups is 7. The summed E-state index contributed by atoms with van der Waals surface area (Å²) >= 11 is 1.39. The van der Waals surface area contributed by atoms with Gasteiger partial charge in [-0.15, -0.1) is 0 Å². The number of fused-ring (bicyclic) bond motifs is 1. The number of H-pyrrole nitrogens is 2. The molecule has 0 aliphatic rings. The Morgan fingerprint density at radius 2 is 1.54 bits per heavy atom. The molecule has 52 heavy (non-hydrogen) atoms. The van der Waals surface area contributed by atoms with Crippen LogP contribution in [0.25, 0.3) is 10.9 Å². The molecule has 6 amide bonds. The van der Waals surface area contributed by atoms with Crippen LogP contribution in [-0.2, 0) is 46.4 Å². The number of benzene rings is 1. The van der Waals surface area contributed by atoms with Gasteiger partial charge in [0.2, 0.25) is 35.4 Å². The molecule has 13 N–H and O–H groups in total. The van der Waals surface area contributed by atoms with Crippen molar-refractivity contribution in [2.24, 2.45) is 11.5 Å². The molecule has 5 atom stereocenters. The minimum absolute atomic E-state index is 0.125. The Balaban J connectivity index is 1.65. The van der Waals surface area contributed by atoms with E-state index in [1.165, 1.54) is 24.3 Å². The summed E-state index contributed by atoms with van der Waals surface area (Å²) in [6.45, 7) is -1.53. The van der Waals surface area contributed by atoms with Gasteiger partial charge in [0.25, 0.3) is 0 Å². The summed E-state index contributed by atoms with van der Waals surface area (Å²) in [6.07, 6.45) is 5.97. The highest BCUT2D eigenvalue weighted by Gasteiger charge is 2.30. The van der Waals surface area contributed by atoms with Gasteiger partial charge >= 0.3 is 5.97 Å². The standard InChI is InChI=1S/C32H44N10O9S/c1-52-9-8-23(29(47)37-14-27(45)39-24(11-18-13-35-16-38-18)31(49)42-25(15-43)32(50)51)41-30(48)22(6-7-26(34)44)40-28(46)20(33)10-17-12-36-21-5-3-2-4-19(17)21/h2-5,12-13,16,20,22-25,36,43H,6-11,14-15,33H2,1H3,(H2,34,44)(H,35,38)(H,37,47)(H,39,45)(H,40,46)(H,41,48)(H,42,49)(H,50,51)/t20-,22+,23+,24+,25+/m0/s1. The molecule has 0 fully saturated rings. The van der Waals surface area contributed by atoms with Crippen molar-refractivity contribution in [1.29, 1.82) is 0 Å². The molecule has 0 aliphatic carbocycles. The van der Waals surface area contributed by atoms with E-state index in [1.807, 2.05) is 24.3 Å². The number of aliphatic hydroxyl groups excluding tert-OH is 1. The lowest BCUT2D eigenvalue weighted by atomic mass is 10.0. The summed E-state index contributed by atoms with van der Waals surface area (Å²) < 4.78 is 0. The number of aliphatic carboxylic acids is 1. The molecule has 1 aromatic carbocycles. The second-order valence-corrected chi connectivity index (χ2v) is 12.8. The van der Waals surface area contributed by atoms with Crippen molar-refractivity contribution in [3.05, 3.63) is 54.2 Å². The highest BCUT2D eigenvalue weighted by atomic mass is 32.2. The number of para-hydroxylation sites is 1. The molecule has 282 valence electrons. The third-order valence-corrected chi connectivity index (χ3v) is 8.50. The quantitative estimate of drug-likeness (QED) is 0.0496. The van der Waals surface area contributed by atoms with Crippen LogP contribution in [0.4, 0.5) is 0 Å². The van der Waals surface area contributed by atoms with Crippen molar-refractivity contribution >= 4 is 64.1 Å². The summed E-state index contributed by atoms with van der Waals surface area (Å²) in [5, 5.41) is 31.5. The SMILES string of the molecule is CSCC[C@@H](NC(=O)[C@@H](CCC(N)=O)NC(=O)[C@@H](N)Cc1c[nH]c2ccccc12)C(=O)NCC(=O)N[C@H](Cc1cnc[nH]1)C(=O)N[C@H](CO)C(=O)O. The van der Waals surface area contributed by atoms with E-state index >= 15 is 0 Å². The lowest BCUT2D eigenvalue weighted by molar-refractivity contribution is -0.143. The van der Waals surface area contributed by atoms with Gasteiger partial charge in [-0.25, -0.2) is 9.78 Å². The number of aromatic nitrogens is 3. The molecule has 3 aromatic rings. The Kier molecular flexibility index (Phi) is 16.1. The molecule has 0 saturated carbocycles. The van der Waals surface area contributed by atoms with Crippen LogP contribution in [0, 0.1) is 0 Å². The fourth-order valence-corrected chi connectivity index (χ4v) is 5.53. The largest absolute Gasteiger partial charge is 0.480 e. The third kappa shape index (κ3) is 12.7. The first-order valence-corrected chi connectivity index (χ1v) is 17.6. The first-order valence-electron chi connectivity index (χ1n) is 16.2. The molecule has 0 unspecified atom stereocenters. The third-order valence-electron chi connectivity index (χ3n) is 7.86. The van der Waals surface area contributed by atoms with Crippen molar-refractivity contribution in [2.75, 3.05) is 25.2 Å². The van der Waals surface area contributed by atoms with E-state index in [2.05, 4.69) is 41.5 Å². The second-order valence-electron chi connectivity index (χ2n) is 11.8. The van der Waals surface area contributed by atoms with Crippen LogP contribution in [0.2, 0.25) is 0 Å². The molecule has 0 aliphatic heterocycles. The maximum atomic E-state index is 13.5. The van der Waals surface area contributed by atoms with Gasteiger partial charge in [0.1, 0.15) is 24.2 Å². The van der Waals surface area contributed by atoms with Crippen LogP contribution in [0.3, 0.4) is 0 Å². The fraction of sp³-hybridized carbons (Fsp3) is 0.438. The number of amides is 6. The van der Waals surface area contributed by atoms with E-state index in [9.17, 15) is 43.8 Å². The summed E-state index contributed by atoms with van der Waals surface area (Å²) in [5.41, 5.74) is 13.6. The molecular weight excluding hydrogens is 700 g/mol. The average molecular weight is 745 g/mol. The second kappa shape index (κ2) is 20.4. The molecule has 0 radical (unpaired) electrons. The van der Waals surface area contributed by atoms with Gasteiger partial charge in [-0.3, -0.25) is 28.8 Å². The molecule has 0 bridgehead atoms. The zero-order valence-corrected chi connectivity index (χ0v) is 29.2. The van der Waals surface area contributed by atoms with E-state index in [4.69, 9.17) is 11.5 Å². The monoisotopic (exact) mass is 744 g/mol. The summed E-state index contributed by atoms with van der Waals surface area (Å²) in [5.74, 6) is -5.73. The zero-order valence-electron chi connectivity index (χ0n) is 28.3. The number of nitrogens with zero attached hydrogens (tertiary/aromatic N) is 1. The summed E-state index contributed by atoms with van der Waals surface area (Å²) in [4.78, 5) is 98.1. The highest BCUT2D eigenvalue weighted by molar-refractivity contribution is 7.98. The Labute approximate surface area is 302 Å². The molecule has 0 spiro atoms. The normalized spacial score (nSPS) is 13.9. The molecule has 19 nitrogen and oxygen atoms in total. The van der Waals surface area contributed by atoms with Gasteiger partial charge in [0, 0.05) is 41.8 Å². The van der Waals surface area contributed by atoms with E-state index < -0.39 is 84.8 Å². The number of imidazole rings is 1. The van der Waals surface area contributed by atoms with Gasteiger partial charge in [0.15, 0.2) is 0 Å². The maximum absolute atomic E-state index is 13.5. The van der Waals surface area contributed by atoms with Crippen molar-refractivity contribution in [2.45, 2.75) is 62.3 Å². The van der Waals surface area contributed by atoms with E-state index in [0.717, 1.165) is 16.5 Å². The lowest BCUT2D eigenvalue weighted by Gasteiger charge is -2.24. The predicted octanol–water partition coefficient (Wildman–Crippen LogP) is -2.85. The van der Waals surface area contributed by atoms with Crippen LogP contribution < -0.4 is 38.1 Å². The first kappa shape index (κ1) is 41.0. The maximum Gasteiger partial charge on any atom is 0.328 e. The summed E-state index contributed by atoms with van der Waals surface area (Å²) in [6, 6.07) is 1.01. The number of thioether (sulfide) groups is 1. The number of primary amides is 1. The van der Waals surface area contributed by atoms with Crippen LogP contribution in [-0.4, -0.2) is 122 Å². The van der Waals surface area contributed by atoms with Gasteiger partial charge in [-0.1, -0.05) is 18.2 Å². The smallest absolute Gasteiger partial charge is 0.328 e. The lowest BCUT2D eigenvalue weighted by Crippen LogP contribution is -2.57. The van der Waals surface area contributed by atoms with Crippen LogP contribution in [0.5, 0.6) is 0 Å². The summed E-state index contributed by atoms with van der Waals surface area (Å²) in [7, 11) is 0. The highest BCUT2D eigenvalue weighted by Crippen LogP contribution is 2.19. The Bertz CT molecular complexity index is 1700. The number of rotatable bonds is 22. The minimum atomic E-state index is -1.62. The topological polar surface area (TPSA) is 317 Å². The molecule has 2 aromatic heterocycles. The first-order chi connectivity index (χ1) is 24.8.